The molecule has 8 aromatic rings. The van der Waals surface area contributed by atoms with E-state index < -0.39 is 0 Å². The third kappa shape index (κ3) is 6.73. The van der Waals surface area contributed by atoms with Crippen LogP contribution in [0.3, 0.4) is 0 Å². The van der Waals surface area contributed by atoms with Gasteiger partial charge in [0.2, 0.25) is 0 Å². The molecule has 52 heavy (non-hydrogen) atoms. The Balaban J connectivity index is 1.55. The van der Waals surface area contributed by atoms with Gasteiger partial charge in [-0.25, -0.2) is 0 Å². The highest BCUT2D eigenvalue weighted by atomic mass is 14.3. The summed E-state index contributed by atoms with van der Waals surface area (Å²) in [7, 11) is 0. The Morgan fingerprint density at radius 2 is 0.654 bits per heavy atom. The minimum Gasteiger partial charge on any atom is -0.0654 e. The van der Waals surface area contributed by atoms with E-state index in [1.54, 1.807) is 0 Å². The fourth-order valence-corrected chi connectivity index (χ4v) is 7.87. The molecular formula is C52H44. The first-order chi connectivity index (χ1) is 25.8. The van der Waals surface area contributed by atoms with Gasteiger partial charge in [-0.2, -0.15) is 0 Å². The van der Waals surface area contributed by atoms with E-state index in [0.29, 0.717) is 0 Å². The summed E-state index contributed by atoms with van der Waals surface area (Å²) in [6.07, 6.45) is 6.19. The van der Waals surface area contributed by atoms with Crippen LogP contribution in [0.2, 0.25) is 0 Å². The Kier molecular flexibility index (Phi) is 9.89. The lowest BCUT2D eigenvalue weighted by Gasteiger charge is -2.29. The molecule has 0 unspecified atom stereocenters. The van der Waals surface area contributed by atoms with E-state index in [1.807, 2.05) is 0 Å². The third-order valence-corrected chi connectivity index (χ3v) is 10.3. The van der Waals surface area contributed by atoms with E-state index in [0.717, 1.165) is 6.42 Å². The molecule has 0 heterocycles. The standard InChI is InChI=1S/C52H44/c1-2-3-4-10-21-38-32-33-39-34-35-45(37-46(39)36-38)52-50(43-28-17-8-18-29-43)48(41-24-13-6-14-25-41)47(40-22-11-5-12-23-40)49(42-26-15-7-16-27-42)51(52)44-30-19-9-20-31-44/h5-9,11-20,22-37H,2-4,10,21H2,1H3. The molecule has 0 radical (unpaired) electrons. The molecule has 0 aliphatic carbocycles. The highest BCUT2D eigenvalue weighted by molar-refractivity contribution is 6.15. The summed E-state index contributed by atoms with van der Waals surface area (Å²) in [5, 5.41) is 2.56. The van der Waals surface area contributed by atoms with Crippen LogP contribution in [-0.4, -0.2) is 0 Å². The van der Waals surface area contributed by atoms with Crippen LogP contribution in [0.15, 0.2) is 188 Å². The second-order valence-corrected chi connectivity index (χ2v) is 13.8. The van der Waals surface area contributed by atoms with Crippen LogP contribution in [-0.2, 0) is 6.42 Å². The monoisotopic (exact) mass is 668 g/mol. The van der Waals surface area contributed by atoms with Crippen molar-refractivity contribution in [3.05, 3.63) is 194 Å². The zero-order chi connectivity index (χ0) is 35.1. The van der Waals surface area contributed by atoms with E-state index in [2.05, 4.69) is 195 Å². The molecule has 0 heteroatoms. The number of benzene rings is 8. The lowest BCUT2D eigenvalue weighted by Crippen LogP contribution is -2.02. The summed E-state index contributed by atoms with van der Waals surface area (Å²) in [6.45, 7) is 2.28. The van der Waals surface area contributed by atoms with Crippen molar-refractivity contribution in [1.82, 2.24) is 0 Å². The maximum Gasteiger partial charge on any atom is -0.00137 e. The van der Waals surface area contributed by atoms with Gasteiger partial charge in [0.1, 0.15) is 0 Å². The summed E-state index contributed by atoms with van der Waals surface area (Å²) < 4.78 is 0. The number of hydrogen-bond donors (Lipinski definition) is 0. The topological polar surface area (TPSA) is 0 Å². The second-order valence-electron chi connectivity index (χ2n) is 13.8. The smallest absolute Gasteiger partial charge is 0.00137 e. The van der Waals surface area contributed by atoms with Gasteiger partial charge < -0.3 is 0 Å². The van der Waals surface area contributed by atoms with Crippen LogP contribution in [0.25, 0.3) is 77.5 Å². The van der Waals surface area contributed by atoms with Gasteiger partial charge in [-0.15, -0.1) is 0 Å². The SMILES string of the molecule is CCCCCCc1ccc2ccc(-c3c(-c4ccccc4)c(-c4ccccc4)c(-c4ccccc4)c(-c4ccccc4)c3-c3ccccc3)cc2c1. The predicted molar refractivity (Wildman–Crippen MR) is 224 cm³/mol. The average Bonchev–Trinajstić information content (AvgIpc) is 3.22. The van der Waals surface area contributed by atoms with Gasteiger partial charge in [0, 0.05) is 0 Å². The van der Waals surface area contributed by atoms with Crippen LogP contribution in [0.1, 0.15) is 38.2 Å². The molecule has 0 fully saturated rings. The fraction of sp³-hybridized carbons (Fsp3) is 0.115. The molecule has 0 bridgehead atoms. The molecule has 0 saturated heterocycles. The van der Waals surface area contributed by atoms with Crippen molar-refractivity contribution in [2.75, 3.05) is 0 Å². The van der Waals surface area contributed by atoms with Crippen LogP contribution in [0.5, 0.6) is 0 Å². The van der Waals surface area contributed by atoms with Gasteiger partial charge in [0.25, 0.3) is 0 Å². The molecule has 0 N–H and O–H groups in total. The molecule has 0 aliphatic rings. The summed E-state index contributed by atoms with van der Waals surface area (Å²) in [4.78, 5) is 0. The van der Waals surface area contributed by atoms with Crippen molar-refractivity contribution in [3.8, 4) is 66.8 Å². The van der Waals surface area contributed by atoms with Gasteiger partial charge in [-0.3, -0.25) is 0 Å². The highest BCUT2D eigenvalue weighted by Crippen LogP contribution is 2.55. The van der Waals surface area contributed by atoms with Crippen molar-refractivity contribution in [3.63, 3.8) is 0 Å². The van der Waals surface area contributed by atoms with Gasteiger partial charge >= 0.3 is 0 Å². The maximum absolute atomic E-state index is 2.45. The summed E-state index contributed by atoms with van der Waals surface area (Å²) >= 11 is 0. The number of aryl methyl sites for hydroxylation is 1. The van der Waals surface area contributed by atoms with E-state index in [1.165, 1.54) is 109 Å². The first-order valence-electron chi connectivity index (χ1n) is 18.8. The Labute approximate surface area is 309 Å². The molecule has 0 aromatic heterocycles. The Hall–Kier alpha value is -5.98. The van der Waals surface area contributed by atoms with Crippen LogP contribution < -0.4 is 0 Å². The number of rotatable bonds is 11. The molecular weight excluding hydrogens is 625 g/mol. The van der Waals surface area contributed by atoms with Crippen molar-refractivity contribution in [2.24, 2.45) is 0 Å². The second kappa shape index (κ2) is 15.5. The quantitative estimate of drug-likeness (QED) is 0.120. The Bertz CT molecular complexity index is 2290. The van der Waals surface area contributed by atoms with E-state index in [-0.39, 0.29) is 0 Å². The highest BCUT2D eigenvalue weighted by Gasteiger charge is 2.29. The summed E-state index contributed by atoms with van der Waals surface area (Å²) in [5.74, 6) is 0. The van der Waals surface area contributed by atoms with Crippen LogP contribution in [0.4, 0.5) is 0 Å². The van der Waals surface area contributed by atoms with Crippen molar-refractivity contribution in [2.45, 2.75) is 39.0 Å². The number of hydrogen-bond acceptors (Lipinski definition) is 0. The molecule has 0 amide bonds. The maximum atomic E-state index is 2.45. The first kappa shape index (κ1) is 33.2. The van der Waals surface area contributed by atoms with Crippen LogP contribution in [0, 0.1) is 0 Å². The molecule has 0 atom stereocenters. The van der Waals surface area contributed by atoms with E-state index >= 15 is 0 Å². The largest absolute Gasteiger partial charge is 0.0654 e. The Morgan fingerprint density at radius 1 is 0.288 bits per heavy atom. The summed E-state index contributed by atoms with van der Waals surface area (Å²) in [5.41, 5.74) is 16.1. The zero-order valence-electron chi connectivity index (χ0n) is 29.9. The lowest BCUT2D eigenvalue weighted by atomic mass is 9.74. The van der Waals surface area contributed by atoms with Crippen molar-refractivity contribution < 1.29 is 0 Å². The van der Waals surface area contributed by atoms with Crippen LogP contribution >= 0.6 is 0 Å². The van der Waals surface area contributed by atoms with Gasteiger partial charge in [0.15, 0.2) is 0 Å². The number of unbranched alkanes of at least 4 members (excludes halogenated alkanes) is 3. The molecule has 0 aliphatic heterocycles. The molecule has 0 nitrogen and oxygen atoms in total. The third-order valence-electron chi connectivity index (χ3n) is 10.3. The molecule has 252 valence electrons. The Morgan fingerprint density at radius 3 is 1.04 bits per heavy atom. The molecule has 8 rings (SSSR count). The van der Waals surface area contributed by atoms with Crippen molar-refractivity contribution >= 4 is 10.8 Å². The fourth-order valence-electron chi connectivity index (χ4n) is 7.87. The molecule has 8 aromatic carbocycles. The van der Waals surface area contributed by atoms with Gasteiger partial charge in [-0.1, -0.05) is 208 Å². The molecule has 0 saturated carbocycles. The van der Waals surface area contributed by atoms with Gasteiger partial charge in [0.05, 0.1) is 0 Å². The van der Waals surface area contributed by atoms with Crippen molar-refractivity contribution in [1.29, 1.82) is 0 Å². The minimum atomic E-state index is 1.12. The predicted octanol–water partition coefficient (Wildman–Crippen LogP) is 15.0. The molecule has 0 spiro atoms. The number of fused-ring (bicyclic) bond motifs is 1. The normalized spacial score (nSPS) is 11.2. The minimum absolute atomic E-state index is 1.12. The van der Waals surface area contributed by atoms with E-state index in [4.69, 9.17) is 0 Å². The lowest BCUT2D eigenvalue weighted by molar-refractivity contribution is 0.667. The van der Waals surface area contributed by atoms with Gasteiger partial charge in [-0.05, 0) is 102 Å². The average molecular weight is 669 g/mol. The van der Waals surface area contributed by atoms with E-state index in [9.17, 15) is 0 Å². The summed E-state index contributed by atoms with van der Waals surface area (Å²) in [6, 6.07) is 69.3. The zero-order valence-corrected chi connectivity index (χ0v) is 29.9. The first-order valence-corrected chi connectivity index (χ1v) is 18.8.